The fourth-order valence-corrected chi connectivity index (χ4v) is 2.99. The highest BCUT2D eigenvalue weighted by molar-refractivity contribution is 6.23. The largest absolute Gasteiger partial charge is 0.469 e. The van der Waals surface area contributed by atoms with E-state index < -0.39 is 0 Å². The lowest BCUT2D eigenvalue weighted by atomic mass is 9.90. The van der Waals surface area contributed by atoms with Gasteiger partial charge < -0.3 is 4.42 Å². The van der Waals surface area contributed by atoms with Crippen LogP contribution in [0.4, 0.5) is 0 Å². The molecule has 0 aliphatic heterocycles. The Labute approximate surface area is 114 Å². The summed E-state index contributed by atoms with van der Waals surface area (Å²) in [6, 6.07) is 4.18. The van der Waals surface area contributed by atoms with E-state index in [9.17, 15) is 0 Å². The van der Waals surface area contributed by atoms with E-state index in [-0.39, 0.29) is 5.38 Å². The van der Waals surface area contributed by atoms with Crippen LogP contribution in [0.15, 0.2) is 22.8 Å². The zero-order valence-electron chi connectivity index (χ0n) is 11.6. The summed E-state index contributed by atoms with van der Waals surface area (Å²) in [4.78, 5) is 0. The van der Waals surface area contributed by atoms with Crippen molar-refractivity contribution in [2.45, 2.75) is 40.0 Å². The number of furan rings is 1. The molecule has 0 amide bonds. The Morgan fingerprint density at radius 2 is 1.56 bits per heavy atom. The number of halogens is 1. The molecular formula is C16H19ClO. The highest BCUT2D eigenvalue weighted by Crippen LogP contribution is 2.37. The normalized spacial score (nSPS) is 12.8. The summed E-state index contributed by atoms with van der Waals surface area (Å²) in [6.07, 6.45) is 1.70. The van der Waals surface area contributed by atoms with Crippen LogP contribution in [-0.2, 0) is 0 Å². The minimum Gasteiger partial charge on any atom is -0.469 e. The molecule has 1 aromatic heterocycles. The van der Waals surface area contributed by atoms with Crippen molar-refractivity contribution >= 4 is 11.6 Å². The smallest absolute Gasteiger partial charge is 0.105 e. The third-order valence-corrected chi connectivity index (χ3v) is 4.30. The van der Waals surface area contributed by atoms with Gasteiger partial charge in [0.25, 0.3) is 0 Å². The summed E-state index contributed by atoms with van der Waals surface area (Å²) in [5.41, 5.74) is 7.42. The fourth-order valence-electron chi connectivity index (χ4n) is 2.44. The maximum Gasteiger partial charge on any atom is 0.105 e. The second-order valence-corrected chi connectivity index (χ2v) is 5.41. The van der Waals surface area contributed by atoms with Crippen LogP contribution in [0.25, 0.3) is 0 Å². The van der Waals surface area contributed by atoms with Gasteiger partial charge in [0.1, 0.15) is 5.76 Å². The first-order valence-electron chi connectivity index (χ1n) is 6.18. The topological polar surface area (TPSA) is 13.1 Å². The van der Waals surface area contributed by atoms with Gasteiger partial charge in [-0.2, -0.15) is 0 Å². The summed E-state index contributed by atoms with van der Waals surface area (Å²) >= 11 is 6.67. The van der Waals surface area contributed by atoms with Gasteiger partial charge in [-0.3, -0.25) is 0 Å². The molecule has 0 aliphatic carbocycles. The van der Waals surface area contributed by atoms with Gasteiger partial charge in [0, 0.05) is 5.56 Å². The molecule has 96 valence electrons. The highest BCUT2D eigenvalue weighted by atomic mass is 35.5. The minimum atomic E-state index is -0.137. The number of rotatable bonds is 2. The second-order valence-electron chi connectivity index (χ2n) is 4.97. The van der Waals surface area contributed by atoms with Gasteiger partial charge in [-0.1, -0.05) is 6.07 Å². The summed E-state index contributed by atoms with van der Waals surface area (Å²) in [5, 5.41) is -0.137. The van der Waals surface area contributed by atoms with Gasteiger partial charge >= 0.3 is 0 Å². The summed E-state index contributed by atoms with van der Waals surface area (Å²) in [7, 11) is 0. The molecule has 1 unspecified atom stereocenters. The van der Waals surface area contributed by atoms with Crippen molar-refractivity contribution in [3.05, 3.63) is 57.5 Å². The molecule has 0 radical (unpaired) electrons. The Hall–Kier alpha value is -1.21. The third kappa shape index (κ3) is 2.08. The molecular weight excluding hydrogens is 244 g/mol. The zero-order valence-corrected chi connectivity index (χ0v) is 12.4. The van der Waals surface area contributed by atoms with E-state index in [0.29, 0.717) is 0 Å². The number of hydrogen-bond acceptors (Lipinski definition) is 1. The summed E-state index contributed by atoms with van der Waals surface area (Å²) in [6.45, 7) is 10.5. The van der Waals surface area contributed by atoms with E-state index >= 15 is 0 Å². The standard InChI is InChI=1S/C16H19ClO/c1-9-8-10(2)12(4)15(11(9)3)16(17)14-6-7-18-13(14)5/h6-8,16H,1-5H3. The highest BCUT2D eigenvalue weighted by Gasteiger charge is 2.20. The van der Waals surface area contributed by atoms with Crippen molar-refractivity contribution in [1.29, 1.82) is 0 Å². The number of benzene rings is 1. The van der Waals surface area contributed by atoms with Crippen molar-refractivity contribution in [3.63, 3.8) is 0 Å². The van der Waals surface area contributed by atoms with Gasteiger partial charge in [0.15, 0.2) is 0 Å². The Bertz CT molecular complexity index is 555. The van der Waals surface area contributed by atoms with E-state index in [1.807, 2.05) is 13.0 Å². The molecule has 0 saturated carbocycles. The Morgan fingerprint density at radius 1 is 1.00 bits per heavy atom. The predicted molar refractivity (Wildman–Crippen MR) is 76.5 cm³/mol. The maximum absolute atomic E-state index is 6.67. The van der Waals surface area contributed by atoms with Gasteiger partial charge in [-0.05, 0) is 68.5 Å². The second kappa shape index (κ2) is 4.81. The Kier molecular flexibility index (Phi) is 3.54. The first-order chi connectivity index (χ1) is 8.43. The SMILES string of the molecule is Cc1cc(C)c(C)c(C(Cl)c2ccoc2C)c1C. The van der Waals surface area contributed by atoms with Crippen molar-refractivity contribution in [2.24, 2.45) is 0 Å². The van der Waals surface area contributed by atoms with E-state index in [0.717, 1.165) is 11.3 Å². The fraction of sp³-hybridized carbons (Fsp3) is 0.375. The van der Waals surface area contributed by atoms with Crippen molar-refractivity contribution in [2.75, 3.05) is 0 Å². The quantitative estimate of drug-likeness (QED) is 0.682. The van der Waals surface area contributed by atoms with E-state index in [1.54, 1.807) is 6.26 Å². The van der Waals surface area contributed by atoms with E-state index in [2.05, 4.69) is 33.8 Å². The molecule has 2 aromatic rings. The molecule has 0 bridgehead atoms. The average molecular weight is 263 g/mol. The molecule has 1 heterocycles. The van der Waals surface area contributed by atoms with Crippen LogP contribution in [-0.4, -0.2) is 0 Å². The Balaban J connectivity index is 2.61. The summed E-state index contributed by atoms with van der Waals surface area (Å²) in [5.74, 6) is 0.896. The van der Waals surface area contributed by atoms with Gasteiger partial charge in [-0.15, -0.1) is 11.6 Å². The number of alkyl halides is 1. The van der Waals surface area contributed by atoms with Gasteiger partial charge in [-0.25, -0.2) is 0 Å². The molecule has 0 aliphatic rings. The predicted octanol–water partition coefficient (Wildman–Crippen LogP) is 5.15. The average Bonchev–Trinajstić information content (AvgIpc) is 2.73. The monoisotopic (exact) mass is 262 g/mol. The van der Waals surface area contributed by atoms with Crippen LogP contribution in [0, 0.1) is 34.6 Å². The lowest BCUT2D eigenvalue weighted by molar-refractivity contribution is 0.530. The zero-order chi connectivity index (χ0) is 13.4. The van der Waals surface area contributed by atoms with Crippen molar-refractivity contribution in [1.82, 2.24) is 0 Å². The van der Waals surface area contributed by atoms with Crippen LogP contribution in [0.5, 0.6) is 0 Å². The first kappa shape index (κ1) is 13.2. The van der Waals surface area contributed by atoms with E-state index in [1.165, 1.54) is 27.8 Å². The molecule has 0 N–H and O–H groups in total. The van der Waals surface area contributed by atoms with Crippen LogP contribution in [0.2, 0.25) is 0 Å². The molecule has 1 atom stereocenters. The molecule has 0 saturated heterocycles. The lowest BCUT2D eigenvalue weighted by Gasteiger charge is -2.19. The van der Waals surface area contributed by atoms with Crippen LogP contribution in [0.1, 0.15) is 44.5 Å². The van der Waals surface area contributed by atoms with Gasteiger partial charge in [0.05, 0.1) is 11.6 Å². The molecule has 1 aromatic carbocycles. The lowest BCUT2D eigenvalue weighted by Crippen LogP contribution is -2.03. The summed E-state index contributed by atoms with van der Waals surface area (Å²) < 4.78 is 5.36. The number of hydrogen-bond donors (Lipinski definition) is 0. The maximum atomic E-state index is 6.67. The third-order valence-electron chi connectivity index (χ3n) is 3.85. The van der Waals surface area contributed by atoms with Crippen molar-refractivity contribution in [3.8, 4) is 0 Å². The molecule has 1 nitrogen and oxygen atoms in total. The molecule has 0 fully saturated rings. The minimum absolute atomic E-state index is 0.137. The van der Waals surface area contributed by atoms with Crippen LogP contribution < -0.4 is 0 Å². The van der Waals surface area contributed by atoms with Crippen LogP contribution >= 0.6 is 11.6 Å². The van der Waals surface area contributed by atoms with Gasteiger partial charge in [0.2, 0.25) is 0 Å². The Morgan fingerprint density at radius 3 is 2.00 bits per heavy atom. The van der Waals surface area contributed by atoms with E-state index in [4.69, 9.17) is 16.0 Å². The molecule has 2 heteroatoms. The van der Waals surface area contributed by atoms with Crippen molar-refractivity contribution < 1.29 is 4.42 Å². The first-order valence-corrected chi connectivity index (χ1v) is 6.62. The van der Waals surface area contributed by atoms with Crippen LogP contribution in [0.3, 0.4) is 0 Å². The molecule has 2 rings (SSSR count). The number of aryl methyl sites for hydroxylation is 3. The molecule has 18 heavy (non-hydrogen) atoms. The molecule has 0 spiro atoms.